The molecule has 29 heavy (non-hydrogen) atoms. The van der Waals surface area contributed by atoms with Gasteiger partial charge in [0.1, 0.15) is 5.82 Å². The van der Waals surface area contributed by atoms with Gasteiger partial charge in [0, 0.05) is 30.7 Å². The number of aromatic nitrogens is 1. The molecule has 4 N–H and O–H groups in total. The number of rotatable bonds is 10. The number of aliphatic hydroxyl groups excluding tert-OH is 1. The Balaban J connectivity index is 1.42. The van der Waals surface area contributed by atoms with Crippen molar-refractivity contribution in [1.29, 1.82) is 0 Å². The Morgan fingerprint density at radius 2 is 2.31 bits per heavy atom. The van der Waals surface area contributed by atoms with E-state index in [0.29, 0.717) is 15.6 Å². The van der Waals surface area contributed by atoms with Crippen LogP contribution in [0.3, 0.4) is 0 Å². The number of thiazole rings is 1. The molecule has 1 aliphatic rings. The van der Waals surface area contributed by atoms with Crippen molar-refractivity contribution in [2.45, 2.75) is 30.2 Å². The summed E-state index contributed by atoms with van der Waals surface area (Å²) in [6.45, 7) is 4.71. The van der Waals surface area contributed by atoms with Gasteiger partial charge in [-0.1, -0.05) is 11.6 Å². The van der Waals surface area contributed by atoms with E-state index in [-0.39, 0.29) is 18.5 Å². The number of nitrogens with zero attached hydrogens (tertiary/aromatic N) is 2. The molecule has 1 aliphatic heterocycles. The van der Waals surface area contributed by atoms with Crippen LogP contribution in [0.25, 0.3) is 0 Å². The van der Waals surface area contributed by atoms with E-state index in [2.05, 4.69) is 25.2 Å². The highest BCUT2D eigenvalue weighted by atomic mass is 35.5. The van der Waals surface area contributed by atoms with Crippen molar-refractivity contribution in [3.05, 3.63) is 34.5 Å². The lowest BCUT2D eigenvalue weighted by molar-refractivity contribution is 0.130. The summed E-state index contributed by atoms with van der Waals surface area (Å²) in [7, 11) is 0. The van der Waals surface area contributed by atoms with Crippen LogP contribution < -0.4 is 15.4 Å². The second-order valence-corrected chi connectivity index (χ2v) is 9.02. The average molecular weight is 460 g/mol. The van der Waals surface area contributed by atoms with Crippen LogP contribution in [0.5, 0.6) is 0 Å². The van der Waals surface area contributed by atoms with E-state index >= 15 is 0 Å². The van der Waals surface area contributed by atoms with Crippen LogP contribution in [-0.2, 0) is 0 Å². The summed E-state index contributed by atoms with van der Waals surface area (Å²) in [5, 5.41) is 19.2. The summed E-state index contributed by atoms with van der Waals surface area (Å²) >= 11 is 8.94. The van der Waals surface area contributed by atoms with Gasteiger partial charge in [-0.25, -0.2) is 9.37 Å². The zero-order valence-electron chi connectivity index (χ0n) is 16.2. The zero-order chi connectivity index (χ0) is 20.5. The molecule has 1 unspecified atom stereocenters. The van der Waals surface area contributed by atoms with Crippen LogP contribution in [-0.4, -0.2) is 60.4 Å². The van der Waals surface area contributed by atoms with Gasteiger partial charge in [-0.2, -0.15) is 0 Å². The number of hydrogen-bond acceptors (Lipinski definition) is 8. The first kappa shape index (κ1) is 22.6. The van der Waals surface area contributed by atoms with Gasteiger partial charge in [-0.3, -0.25) is 4.90 Å². The lowest BCUT2D eigenvalue weighted by atomic mass is 10.2. The molecule has 0 aliphatic carbocycles. The third kappa shape index (κ3) is 6.97. The van der Waals surface area contributed by atoms with Gasteiger partial charge in [-0.15, -0.1) is 11.3 Å². The zero-order valence-corrected chi connectivity index (χ0v) is 18.6. The molecule has 1 aromatic heterocycles. The molecule has 1 saturated heterocycles. The van der Waals surface area contributed by atoms with Gasteiger partial charge in [0.2, 0.25) is 0 Å². The highest BCUT2D eigenvalue weighted by Crippen LogP contribution is 2.32. The largest absolute Gasteiger partial charge is 0.395 e. The van der Waals surface area contributed by atoms with Crippen molar-refractivity contribution in [1.82, 2.24) is 15.2 Å². The maximum Gasteiger partial charge on any atom is 0.192 e. The van der Waals surface area contributed by atoms with Crippen LogP contribution >= 0.6 is 34.9 Å². The molecule has 0 saturated carbocycles. The quantitative estimate of drug-likeness (QED) is 0.317. The van der Waals surface area contributed by atoms with Gasteiger partial charge in [0.15, 0.2) is 5.13 Å². The van der Waals surface area contributed by atoms with E-state index in [1.54, 1.807) is 12.3 Å². The van der Waals surface area contributed by atoms with Crippen molar-refractivity contribution in [2.24, 2.45) is 0 Å². The molecule has 0 radical (unpaired) electrons. The number of nitrogens with one attached hydrogen (secondary N) is 3. The van der Waals surface area contributed by atoms with Crippen LogP contribution in [0.2, 0.25) is 5.02 Å². The van der Waals surface area contributed by atoms with Crippen molar-refractivity contribution in [3.63, 3.8) is 0 Å². The van der Waals surface area contributed by atoms with Crippen LogP contribution in [0.15, 0.2) is 28.6 Å². The Hall–Kier alpha value is -1.10. The van der Waals surface area contributed by atoms with E-state index in [4.69, 9.17) is 11.6 Å². The van der Waals surface area contributed by atoms with Crippen LogP contribution in [0.4, 0.5) is 15.2 Å². The number of halogens is 2. The van der Waals surface area contributed by atoms with Crippen molar-refractivity contribution < 1.29 is 9.50 Å². The Bertz CT molecular complexity index is 752. The van der Waals surface area contributed by atoms with Gasteiger partial charge in [-0.05, 0) is 63.0 Å². The predicted molar refractivity (Wildman–Crippen MR) is 121 cm³/mol. The number of aliphatic hydroxyl groups is 1. The van der Waals surface area contributed by atoms with Gasteiger partial charge < -0.3 is 20.5 Å². The Labute approximate surface area is 184 Å². The Morgan fingerprint density at radius 3 is 3.10 bits per heavy atom. The van der Waals surface area contributed by atoms with E-state index in [9.17, 15) is 9.50 Å². The minimum Gasteiger partial charge on any atom is -0.395 e. The fourth-order valence-corrected chi connectivity index (χ4v) is 4.81. The summed E-state index contributed by atoms with van der Waals surface area (Å²) < 4.78 is 17.4. The van der Waals surface area contributed by atoms with E-state index in [1.807, 2.05) is 5.38 Å². The normalized spacial score (nSPS) is 17.8. The predicted octanol–water partition coefficient (Wildman–Crippen LogP) is 3.90. The first-order chi connectivity index (χ1) is 14.2. The lowest BCUT2D eigenvalue weighted by Gasteiger charge is -2.28. The number of hydrogen-bond donors (Lipinski definition) is 4. The lowest BCUT2D eigenvalue weighted by Crippen LogP contribution is -2.42. The first-order valence-electron chi connectivity index (χ1n) is 9.78. The molecular weight excluding hydrogens is 433 g/mol. The minimum absolute atomic E-state index is 0.182. The van der Waals surface area contributed by atoms with Gasteiger partial charge in [0.05, 0.1) is 22.2 Å². The van der Waals surface area contributed by atoms with Crippen LogP contribution in [0.1, 0.15) is 19.3 Å². The first-order valence-corrected chi connectivity index (χ1v) is 11.9. The molecular formula is C19H27ClFN5OS2. The molecule has 0 amide bonds. The fourth-order valence-electron chi connectivity index (χ4n) is 3.24. The Morgan fingerprint density at radius 1 is 1.41 bits per heavy atom. The van der Waals surface area contributed by atoms with Gasteiger partial charge >= 0.3 is 0 Å². The molecule has 3 rings (SSSR count). The standard InChI is InChI=1S/C19H27ClFN5OS2/c20-15-10-18(29-25-19-24-6-9-28-19)16(21)11-17(15)23-5-1-2-7-26-8-3-4-22-12-14(26)13-27/h6,9-11,14,22-23,27H,1-5,7-8,12-13H2,(H,24,25). The third-order valence-electron chi connectivity index (χ3n) is 4.80. The number of benzene rings is 1. The minimum atomic E-state index is -0.325. The second-order valence-electron chi connectivity index (χ2n) is 6.87. The topological polar surface area (TPSA) is 72.5 Å². The summed E-state index contributed by atoms with van der Waals surface area (Å²) in [4.78, 5) is 6.89. The SMILES string of the molecule is OCC1CNCCCN1CCCCNc1cc(F)c(SNc2nccs2)cc1Cl. The molecule has 0 spiro atoms. The highest BCUT2D eigenvalue weighted by molar-refractivity contribution is 8.00. The molecule has 1 fully saturated rings. The van der Waals surface area contributed by atoms with E-state index in [0.717, 1.165) is 69.1 Å². The van der Waals surface area contributed by atoms with Crippen molar-refractivity contribution >= 4 is 45.7 Å². The van der Waals surface area contributed by atoms with Gasteiger partial charge in [0.25, 0.3) is 0 Å². The second kappa shape index (κ2) is 11.9. The summed E-state index contributed by atoms with van der Waals surface area (Å²) in [6.07, 6.45) is 4.75. The number of unbranched alkanes of at least 4 members (excludes halogenated alkanes) is 1. The summed E-state index contributed by atoms with van der Waals surface area (Å²) in [5.41, 5.74) is 0.606. The molecule has 2 aromatic rings. The molecule has 10 heteroatoms. The van der Waals surface area contributed by atoms with Crippen molar-refractivity contribution in [2.75, 3.05) is 49.4 Å². The van der Waals surface area contributed by atoms with E-state index in [1.165, 1.54) is 17.4 Å². The third-order valence-corrected chi connectivity index (χ3v) is 6.75. The monoisotopic (exact) mass is 459 g/mol. The molecule has 1 aromatic carbocycles. The molecule has 6 nitrogen and oxygen atoms in total. The molecule has 160 valence electrons. The smallest absolute Gasteiger partial charge is 0.192 e. The maximum atomic E-state index is 14.4. The van der Waals surface area contributed by atoms with E-state index < -0.39 is 0 Å². The maximum absolute atomic E-state index is 14.4. The number of anilines is 2. The summed E-state index contributed by atoms with van der Waals surface area (Å²) in [5.74, 6) is -0.325. The fraction of sp³-hybridized carbons (Fsp3) is 0.526. The van der Waals surface area contributed by atoms with Crippen molar-refractivity contribution in [3.8, 4) is 0 Å². The average Bonchev–Trinajstić information content (AvgIpc) is 3.14. The Kier molecular flexibility index (Phi) is 9.29. The molecule has 2 heterocycles. The summed E-state index contributed by atoms with van der Waals surface area (Å²) in [6, 6.07) is 3.26. The molecule has 0 bridgehead atoms. The van der Waals surface area contributed by atoms with Crippen LogP contribution in [0, 0.1) is 5.82 Å². The highest BCUT2D eigenvalue weighted by Gasteiger charge is 2.19. The molecule has 1 atom stereocenters.